The summed E-state index contributed by atoms with van der Waals surface area (Å²) in [6, 6.07) is 2.28. The fourth-order valence-corrected chi connectivity index (χ4v) is 4.29. The number of thiophene rings is 1. The zero-order chi connectivity index (χ0) is 15.2. The fourth-order valence-electron chi connectivity index (χ4n) is 3.09. The number of amides is 1. The van der Waals surface area contributed by atoms with E-state index in [9.17, 15) is 4.79 Å². The molecule has 3 N–H and O–H groups in total. The predicted molar refractivity (Wildman–Crippen MR) is 89.4 cm³/mol. The number of hydrogen-bond acceptors (Lipinski definition) is 3. The Labute approximate surface area is 132 Å². The lowest BCUT2D eigenvalue weighted by Crippen LogP contribution is -2.24. The standard InChI is InChI=1S/C17H28N2OS/c1-12(2)13(8-9-18)6-7-17(20)19-11-15-10-14-4-3-5-16(14)21-15/h10,12-13H,3-9,11,18H2,1-2H3,(H,19,20). The van der Waals surface area contributed by atoms with Crippen LogP contribution in [0, 0.1) is 11.8 Å². The minimum absolute atomic E-state index is 0.172. The van der Waals surface area contributed by atoms with Gasteiger partial charge in [0.15, 0.2) is 0 Å². The molecule has 0 radical (unpaired) electrons. The third kappa shape index (κ3) is 4.82. The van der Waals surface area contributed by atoms with Gasteiger partial charge in [0.25, 0.3) is 0 Å². The number of rotatable bonds is 8. The Hall–Kier alpha value is -0.870. The van der Waals surface area contributed by atoms with E-state index in [1.165, 1.54) is 34.6 Å². The van der Waals surface area contributed by atoms with E-state index >= 15 is 0 Å². The molecule has 2 rings (SSSR count). The molecule has 1 aliphatic carbocycles. The minimum atomic E-state index is 0.172. The van der Waals surface area contributed by atoms with Crippen LogP contribution in [0.15, 0.2) is 6.07 Å². The number of aryl methyl sites for hydroxylation is 2. The van der Waals surface area contributed by atoms with Crippen LogP contribution in [0.5, 0.6) is 0 Å². The van der Waals surface area contributed by atoms with Crippen LogP contribution in [0.1, 0.15) is 54.8 Å². The van der Waals surface area contributed by atoms with Gasteiger partial charge < -0.3 is 11.1 Å². The SMILES string of the molecule is CC(C)C(CCN)CCC(=O)NCc1cc2c(s1)CCC2. The number of carbonyl (C=O) groups excluding carboxylic acids is 1. The third-order valence-corrected chi connectivity index (χ3v) is 5.72. The van der Waals surface area contributed by atoms with E-state index in [0.29, 0.717) is 31.3 Å². The van der Waals surface area contributed by atoms with Gasteiger partial charge in [-0.2, -0.15) is 0 Å². The molecule has 0 saturated carbocycles. The number of nitrogens with one attached hydrogen (secondary N) is 1. The molecule has 0 saturated heterocycles. The first kappa shape index (κ1) is 16.5. The second kappa shape index (κ2) is 7.95. The maximum absolute atomic E-state index is 12.0. The monoisotopic (exact) mass is 308 g/mol. The molecule has 0 spiro atoms. The van der Waals surface area contributed by atoms with Crippen LogP contribution in [0.4, 0.5) is 0 Å². The highest BCUT2D eigenvalue weighted by atomic mass is 32.1. The Bertz CT molecular complexity index is 446. The first-order valence-corrected chi connectivity index (χ1v) is 8.99. The van der Waals surface area contributed by atoms with Crippen molar-refractivity contribution in [3.63, 3.8) is 0 Å². The zero-order valence-corrected chi connectivity index (χ0v) is 14.1. The number of carbonyl (C=O) groups is 1. The predicted octanol–water partition coefficient (Wildman–Crippen LogP) is 3.25. The third-order valence-electron chi connectivity index (χ3n) is 4.48. The van der Waals surface area contributed by atoms with Gasteiger partial charge >= 0.3 is 0 Å². The Balaban J connectivity index is 1.71. The van der Waals surface area contributed by atoms with Crippen LogP contribution in [-0.2, 0) is 24.2 Å². The first-order valence-electron chi connectivity index (χ1n) is 8.17. The summed E-state index contributed by atoms with van der Waals surface area (Å²) in [7, 11) is 0. The summed E-state index contributed by atoms with van der Waals surface area (Å²) in [5.74, 6) is 1.33. The van der Waals surface area contributed by atoms with Crippen molar-refractivity contribution in [1.82, 2.24) is 5.32 Å². The lowest BCUT2D eigenvalue weighted by atomic mass is 9.88. The van der Waals surface area contributed by atoms with Gasteiger partial charge in [-0.05, 0) is 62.1 Å². The number of hydrogen-bond donors (Lipinski definition) is 2. The molecule has 1 heterocycles. The lowest BCUT2D eigenvalue weighted by Gasteiger charge is -2.19. The molecule has 4 heteroatoms. The highest BCUT2D eigenvalue weighted by Crippen LogP contribution is 2.30. The summed E-state index contributed by atoms with van der Waals surface area (Å²) in [5.41, 5.74) is 7.15. The Morgan fingerprint density at radius 1 is 1.38 bits per heavy atom. The lowest BCUT2D eigenvalue weighted by molar-refractivity contribution is -0.121. The minimum Gasteiger partial charge on any atom is -0.351 e. The Morgan fingerprint density at radius 3 is 2.86 bits per heavy atom. The van der Waals surface area contributed by atoms with Gasteiger partial charge in [-0.3, -0.25) is 4.79 Å². The second-order valence-corrected chi connectivity index (χ2v) is 7.63. The maximum Gasteiger partial charge on any atom is 0.220 e. The molecule has 1 aromatic rings. The summed E-state index contributed by atoms with van der Waals surface area (Å²) in [6.45, 7) is 5.84. The molecule has 1 aliphatic rings. The highest BCUT2D eigenvalue weighted by molar-refractivity contribution is 7.12. The molecule has 0 aromatic carbocycles. The quantitative estimate of drug-likeness (QED) is 0.774. The van der Waals surface area contributed by atoms with E-state index in [1.807, 2.05) is 11.3 Å². The van der Waals surface area contributed by atoms with Crippen LogP contribution in [0.25, 0.3) is 0 Å². The van der Waals surface area contributed by atoms with Crippen LogP contribution in [0.3, 0.4) is 0 Å². The van der Waals surface area contributed by atoms with Gasteiger partial charge in [0, 0.05) is 16.2 Å². The van der Waals surface area contributed by atoms with Crippen molar-refractivity contribution in [1.29, 1.82) is 0 Å². The maximum atomic E-state index is 12.0. The van der Waals surface area contributed by atoms with E-state index in [4.69, 9.17) is 5.73 Å². The van der Waals surface area contributed by atoms with Crippen molar-refractivity contribution in [2.45, 2.75) is 58.9 Å². The molecule has 0 fully saturated rings. The summed E-state index contributed by atoms with van der Waals surface area (Å²) in [5, 5.41) is 3.06. The first-order chi connectivity index (χ1) is 10.1. The molecule has 1 aromatic heterocycles. The Kier molecular flexibility index (Phi) is 6.24. The summed E-state index contributed by atoms with van der Waals surface area (Å²) < 4.78 is 0. The molecule has 1 atom stereocenters. The molecule has 118 valence electrons. The molecule has 1 amide bonds. The smallest absolute Gasteiger partial charge is 0.220 e. The van der Waals surface area contributed by atoms with E-state index in [2.05, 4.69) is 25.2 Å². The van der Waals surface area contributed by atoms with Crippen molar-refractivity contribution < 1.29 is 4.79 Å². The molecular formula is C17H28N2OS. The molecular weight excluding hydrogens is 280 g/mol. The summed E-state index contributed by atoms with van der Waals surface area (Å²) >= 11 is 1.87. The zero-order valence-electron chi connectivity index (χ0n) is 13.3. The fraction of sp³-hybridized carbons (Fsp3) is 0.706. The van der Waals surface area contributed by atoms with E-state index < -0.39 is 0 Å². The van der Waals surface area contributed by atoms with Gasteiger partial charge in [-0.15, -0.1) is 11.3 Å². The van der Waals surface area contributed by atoms with Gasteiger partial charge in [0.05, 0.1) is 6.54 Å². The largest absolute Gasteiger partial charge is 0.351 e. The van der Waals surface area contributed by atoms with Crippen LogP contribution >= 0.6 is 11.3 Å². The van der Waals surface area contributed by atoms with Gasteiger partial charge in [-0.1, -0.05) is 13.8 Å². The van der Waals surface area contributed by atoms with Crippen molar-refractivity contribution in [3.05, 3.63) is 21.4 Å². The average Bonchev–Trinajstić information content (AvgIpc) is 3.01. The van der Waals surface area contributed by atoms with E-state index in [1.54, 1.807) is 0 Å². The van der Waals surface area contributed by atoms with E-state index in [0.717, 1.165) is 12.8 Å². The van der Waals surface area contributed by atoms with Gasteiger partial charge in [-0.25, -0.2) is 0 Å². The normalized spacial score (nSPS) is 15.2. The average molecular weight is 308 g/mol. The number of fused-ring (bicyclic) bond motifs is 1. The van der Waals surface area contributed by atoms with Crippen LogP contribution < -0.4 is 11.1 Å². The van der Waals surface area contributed by atoms with E-state index in [-0.39, 0.29) is 5.91 Å². The topological polar surface area (TPSA) is 55.1 Å². The highest BCUT2D eigenvalue weighted by Gasteiger charge is 2.16. The van der Waals surface area contributed by atoms with Crippen molar-refractivity contribution in [2.24, 2.45) is 17.6 Å². The molecule has 0 bridgehead atoms. The molecule has 21 heavy (non-hydrogen) atoms. The molecule has 1 unspecified atom stereocenters. The van der Waals surface area contributed by atoms with Crippen molar-refractivity contribution in [2.75, 3.05) is 6.54 Å². The van der Waals surface area contributed by atoms with Crippen molar-refractivity contribution >= 4 is 17.2 Å². The Morgan fingerprint density at radius 2 is 2.19 bits per heavy atom. The molecule has 3 nitrogen and oxygen atoms in total. The second-order valence-electron chi connectivity index (χ2n) is 6.41. The van der Waals surface area contributed by atoms with Crippen molar-refractivity contribution in [3.8, 4) is 0 Å². The summed E-state index contributed by atoms with van der Waals surface area (Å²) in [6.07, 6.45) is 6.32. The molecule has 0 aliphatic heterocycles. The van der Waals surface area contributed by atoms with Crippen LogP contribution in [-0.4, -0.2) is 12.5 Å². The van der Waals surface area contributed by atoms with Gasteiger partial charge in [0.1, 0.15) is 0 Å². The van der Waals surface area contributed by atoms with Crippen LogP contribution in [0.2, 0.25) is 0 Å². The summed E-state index contributed by atoms with van der Waals surface area (Å²) in [4.78, 5) is 14.8. The number of nitrogens with two attached hydrogens (primary N) is 1. The van der Waals surface area contributed by atoms with Gasteiger partial charge in [0.2, 0.25) is 5.91 Å².